The van der Waals surface area contributed by atoms with Crippen LogP contribution in [0.4, 0.5) is 11.6 Å². The van der Waals surface area contributed by atoms with E-state index in [4.69, 9.17) is 4.74 Å². The van der Waals surface area contributed by atoms with Gasteiger partial charge in [0.2, 0.25) is 0 Å². The fraction of sp³-hybridized carbons (Fsp3) is 0.250. The molecule has 1 aromatic heterocycles. The number of rotatable bonds is 8. The molecule has 0 amide bonds. The third-order valence-electron chi connectivity index (χ3n) is 2.97. The van der Waals surface area contributed by atoms with Crippen LogP contribution in [0.1, 0.15) is 5.56 Å². The maximum absolute atomic E-state index is 5.14. The summed E-state index contributed by atoms with van der Waals surface area (Å²) >= 11 is 0. The number of hydrogen-bond donors (Lipinski definition) is 2. The number of anilines is 2. The normalized spacial score (nSPS) is 9.95. The van der Waals surface area contributed by atoms with Crippen molar-refractivity contribution < 1.29 is 4.74 Å². The Balaban J connectivity index is 1.83. The zero-order chi connectivity index (χ0) is 14.9. The number of hydrogen-bond acceptors (Lipinski definition) is 5. The summed E-state index contributed by atoms with van der Waals surface area (Å²) in [7, 11) is 1.67. The highest BCUT2D eigenvalue weighted by molar-refractivity contribution is 5.46. The molecule has 5 nitrogen and oxygen atoms in total. The molecule has 21 heavy (non-hydrogen) atoms. The Morgan fingerprint density at radius 3 is 2.52 bits per heavy atom. The number of ether oxygens (including phenoxy) is 1. The molecular formula is C16H20N4O. The van der Waals surface area contributed by atoms with Crippen LogP contribution >= 0.6 is 0 Å². The number of aromatic nitrogens is 2. The zero-order valence-corrected chi connectivity index (χ0v) is 12.2. The summed E-state index contributed by atoms with van der Waals surface area (Å²) in [6.45, 7) is 5.16. The fourth-order valence-electron chi connectivity index (χ4n) is 1.85. The summed E-state index contributed by atoms with van der Waals surface area (Å²) in [5.74, 6) is 2.47. The second kappa shape index (κ2) is 7.89. The Morgan fingerprint density at radius 2 is 1.86 bits per heavy atom. The Labute approximate surface area is 125 Å². The van der Waals surface area contributed by atoms with E-state index < -0.39 is 0 Å². The van der Waals surface area contributed by atoms with Gasteiger partial charge in [-0.3, -0.25) is 0 Å². The number of benzene rings is 1. The van der Waals surface area contributed by atoms with Gasteiger partial charge in [-0.1, -0.05) is 18.2 Å². The molecule has 0 saturated heterocycles. The maximum atomic E-state index is 5.14. The minimum absolute atomic E-state index is 0.683. The summed E-state index contributed by atoms with van der Waals surface area (Å²) in [5.41, 5.74) is 1.25. The van der Waals surface area contributed by atoms with Gasteiger partial charge in [0.15, 0.2) is 0 Å². The predicted octanol–water partition coefficient (Wildman–Crippen LogP) is 2.74. The smallest absolute Gasteiger partial charge is 0.131 e. The van der Waals surface area contributed by atoms with Crippen molar-refractivity contribution in [3.8, 4) is 5.75 Å². The van der Waals surface area contributed by atoms with Crippen molar-refractivity contribution >= 4 is 11.6 Å². The van der Waals surface area contributed by atoms with Crippen molar-refractivity contribution in [2.24, 2.45) is 0 Å². The van der Waals surface area contributed by atoms with E-state index in [9.17, 15) is 0 Å². The van der Waals surface area contributed by atoms with Crippen LogP contribution in [0, 0.1) is 0 Å². The molecule has 5 heteroatoms. The molecular weight excluding hydrogens is 264 g/mol. The second-order valence-electron chi connectivity index (χ2n) is 4.48. The van der Waals surface area contributed by atoms with Crippen LogP contribution in [-0.4, -0.2) is 30.2 Å². The van der Waals surface area contributed by atoms with Crippen molar-refractivity contribution in [1.29, 1.82) is 0 Å². The van der Waals surface area contributed by atoms with E-state index in [0.717, 1.165) is 30.4 Å². The van der Waals surface area contributed by atoms with Crippen LogP contribution in [-0.2, 0) is 6.42 Å². The highest BCUT2D eigenvalue weighted by Gasteiger charge is 1.98. The molecule has 0 atom stereocenters. The van der Waals surface area contributed by atoms with Gasteiger partial charge < -0.3 is 15.4 Å². The molecule has 0 spiro atoms. The summed E-state index contributed by atoms with van der Waals surface area (Å²) in [6, 6.07) is 9.96. The predicted molar refractivity (Wildman–Crippen MR) is 85.9 cm³/mol. The van der Waals surface area contributed by atoms with E-state index >= 15 is 0 Å². The summed E-state index contributed by atoms with van der Waals surface area (Å²) < 4.78 is 5.14. The summed E-state index contributed by atoms with van der Waals surface area (Å²) in [5, 5.41) is 6.42. The summed E-state index contributed by atoms with van der Waals surface area (Å²) in [6.07, 6.45) is 4.25. The van der Waals surface area contributed by atoms with E-state index in [0.29, 0.717) is 6.54 Å². The molecule has 1 heterocycles. The zero-order valence-electron chi connectivity index (χ0n) is 12.2. The lowest BCUT2D eigenvalue weighted by molar-refractivity contribution is 0.414. The molecule has 0 fully saturated rings. The largest absolute Gasteiger partial charge is 0.497 e. The van der Waals surface area contributed by atoms with Crippen LogP contribution in [0.2, 0.25) is 0 Å². The van der Waals surface area contributed by atoms with Crippen LogP contribution in [0.3, 0.4) is 0 Å². The monoisotopic (exact) mass is 284 g/mol. The van der Waals surface area contributed by atoms with E-state index in [1.165, 1.54) is 5.56 Å². The third kappa shape index (κ3) is 4.80. The average molecular weight is 284 g/mol. The fourth-order valence-corrected chi connectivity index (χ4v) is 1.85. The lowest BCUT2D eigenvalue weighted by atomic mass is 10.1. The Hall–Kier alpha value is -2.56. The molecule has 0 bridgehead atoms. The van der Waals surface area contributed by atoms with Gasteiger partial charge in [-0.2, -0.15) is 0 Å². The van der Waals surface area contributed by atoms with Gasteiger partial charge in [0.25, 0.3) is 0 Å². The van der Waals surface area contributed by atoms with Gasteiger partial charge in [0, 0.05) is 19.2 Å². The lowest BCUT2D eigenvalue weighted by Crippen LogP contribution is -2.08. The summed E-state index contributed by atoms with van der Waals surface area (Å²) in [4.78, 5) is 8.34. The van der Waals surface area contributed by atoms with E-state index in [1.54, 1.807) is 19.5 Å². The molecule has 0 radical (unpaired) electrons. The molecule has 0 aliphatic rings. The van der Waals surface area contributed by atoms with E-state index in [2.05, 4.69) is 39.3 Å². The average Bonchev–Trinajstić information content (AvgIpc) is 2.54. The third-order valence-corrected chi connectivity index (χ3v) is 2.97. The quantitative estimate of drug-likeness (QED) is 0.730. The van der Waals surface area contributed by atoms with Gasteiger partial charge >= 0.3 is 0 Å². The highest BCUT2D eigenvalue weighted by Crippen LogP contribution is 2.12. The maximum Gasteiger partial charge on any atom is 0.131 e. The van der Waals surface area contributed by atoms with Crippen LogP contribution in [0.5, 0.6) is 5.75 Å². The molecule has 0 unspecified atom stereocenters. The van der Waals surface area contributed by atoms with Crippen molar-refractivity contribution in [2.75, 3.05) is 30.8 Å². The van der Waals surface area contributed by atoms with Gasteiger partial charge in [-0.25, -0.2) is 9.97 Å². The lowest BCUT2D eigenvalue weighted by Gasteiger charge is -2.08. The highest BCUT2D eigenvalue weighted by atomic mass is 16.5. The van der Waals surface area contributed by atoms with E-state index in [1.807, 2.05) is 18.2 Å². The minimum Gasteiger partial charge on any atom is -0.497 e. The van der Waals surface area contributed by atoms with Gasteiger partial charge in [0.05, 0.1) is 7.11 Å². The van der Waals surface area contributed by atoms with Gasteiger partial charge in [-0.05, 0) is 24.1 Å². The number of nitrogens with zero attached hydrogens (tertiary/aromatic N) is 2. The number of methoxy groups -OCH3 is 1. The van der Waals surface area contributed by atoms with E-state index in [-0.39, 0.29) is 0 Å². The minimum atomic E-state index is 0.683. The second-order valence-corrected chi connectivity index (χ2v) is 4.48. The molecule has 2 aromatic rings. The molecule has 1 aromatic carbocycles. The van der Waals surface area contributed by atoms with Crippen LogP contribution in [0.15, 0.2) is 49.3 Å². The molecule has 2 rings (SSSR count). The first kappa shape index (κ1) is 14.8. The molecule has 110 valence electrons. The standard InChI is InChI=1S/C16H20N4O/c1-3-9-17-15-11-16(20-12-19-15)18-10-8-13-4-6-14(21-2)7-5-13/h3-7,11-12H,1,8-10H2,2H3,(H2,17,18,19,20). The Bertz CT molecular complexity index is 569. The first-order valence-corrected chi connectivity index (χ1v) is 6.85. The Morgan fingerprint density at radius 1 is 1.14 bits per heavy atom. The first-order chi connectivity index (χ1) is 10.3. The molecule has 2 N–H and O–H groups in total. The van der Waals surface area contributed by atoms with Crippen LogP contribution < -0.4 is 15.4 Å². The number of nitrogens with one attached hydrogen (secondary N) is 2. The molecule has 0 aliphatic carbocycles. The first-order valence-electron chi connectivity index (χ1n) is 6.85. The van der Waals surface area contributed by atoms with Gasteiger partial charge in [-0.15, -0.1) is 6.58 Å². The van der Waals surface area contributed by atoms with Crippen molar-refractivity contribution in [1.82, 2.24) is 9.97 Å². The molecule has 0 saturated carbocycles. The van der Waals surface area contributed by atoms with Crippen molar-refractivity contribution in [2.45, 2.75) is 6.42 Å². The van der Waals surface area contributed by atoms with Crippen LogP contribution in [0.25, 0.3) is 0 Å². The SMILES string of the molecule is C=CCNc1cc(NCCc2ccc(OC)cc2)ncn1. The van der Waals surface area contributed by atoms with Gasteiger partial charge in [0.1, 0.15) is 23.7 Å². The molecule has 0 aliphatic heterocycles. The Kier molecular flexibility index (Phi) is 5.58. The van der Waals surface area contributed by atoms with Crippen molar-refractivity contribution in [3.05, 3.63) is 54.9 Å². The topological polar surface area (TPSA) is 59.1 Å². The van der Waals surface area contributed by atoms with Crippen molar-refractivity contribution in [3.63, 3.8) is 0 Å².